The van der Waals surface area contributed by atoms with Gasteiger partial charge < -0.3 is 10.1 Å². The Labute approximate surface area is 102 Å². The number of rotatable bonds is 4. The topological polar surface area (TPSA) is 21.3 Å². The summed E-state index contributed by atoms with van der Waals surface area (Å²) in [5.41, 5.74) is 1.10. The van der Waals surface area contributed by atoms with Gasteiger partial charge in [-0.3, -0.25) is 0 Å². The third-order valence-electron chi connectivity index (χ3n) is 3.43. The fourth-order valence-electron chi connectivity index (χ4n) is 2.46. The van der Waals surface area contributed by atoms with Crippen molar-refractivity contribution >= 4 is 0 Å². The Morgan fingerprint density at radius 3 is 2.65 bits per heavy atom. The van der Waals surface area contributed by atoms with Gasteiger partial charge in [-0.2, -0.15) is 0 Å². The fraction of sp³-hybridized carbons (Fsp3) is 0.571. The van der Waals surface area contributed by atoms with Crippen LogP contribution in [-0.4, -0.2) is 19.3 Å². The highest BCUT2D eigenvalue weighted by molar-refractivity contribution is 5.21. The van der Waals surface area contributed by atoms with Gasteiger partial charge in [0.05, 0.1) is 12.1 Å². The van der Waals surface area contributed by atoms with E-state index in [1.165, 1.54) is 12.1 Å². The van der Waals surface area contributed by atoms with Crippen molar-refractivity contribution in [2.75, 3.05) is 13.2 Å². The standard InChI is InChI=1S/C14H20FNO/c1-3-16-13(14-10(2)8-9-17-14)11-4-6-12(15)7-5-11/h4-7,10,13-14,16H,3,8-9H2,1-2H3. The van der Waals surface area contributed by atoms with Gasteiger partial charge in [0, 0.05) is 6.61 Å². The second-order valence-electron chi connectivity index (χ2n) is 4.69. The first-order chi connectivity index (χ1) is 8.22. The number of benzene rings is 1. The lowest BCUT2D eigenvalue weighted by molar-refractivity contribution is 0.0612. The SMILES string of the molecule is CCNC(c1ccc(F)cc1)C1OCCC1C. The third kappa shape index (κ3) is 2.85. The molecule has 94 valence electrons. The van der Waals surface area contributed by atoms with E-state index in [0.29, 0.717) is 5.92 Å². The molecule has 1 N–H and O–H groups in total. The molecule has 1 aliphatic rings. The molecule has 0 amide bonds. The van der Waals surface area contributed by atoms with Crippen LogP contribution in [0.15, 0.2) is 24.3 Å². The van der Waals surface area contributed by atoms with Crippen molar-refractivity contribution in [3.63, 3.8) is 0 Å². The molecule has 1 heterocycles. The summed E-state index contributed by atoms with van der Waals surface area (Å²) in [6.45, 7) is 6.01. The predicted octanol–water partition coefficient (Wildman–Crippen LogP) is 2.90. The molecule has 1 aromatic carbocycles. The van der Waals surface area contributed by atoms with Crippen molar-refractivity contribution < 1.29 is 9.13 Å². The normalized spacial score (nSPS) is 26.1. The zero-order chi connectivity index (χ0) is 12.3. The van der Waals surface area contributed by atoms with Crippen LogP contribution in [0.1, 0.15) is 31.9 Å². The molecule has 1 fully saturated rings. The van der Waals surface area contributed by atoms with E-state index in [0.717, 1.165) is 25.1 Å². The van der Waals surface area contributed by atoms with Gasteiger partial charge in [0.2, 0.25) is 0 Å². The highest BCUT2D eigenvalue weighted by Gasteiger charge is 2.32. The van der Waals surface area contributed by atoms with E-state index in [1.807, 2.05) is 12.1 Å². The van der Waals surface area contributed by atoms with E-state index in [4.69, 9.17) is 4.74 Å². The monoisotopic (exact) mass is 237 g/mol. The Morgan fingerprint density at radius 1 is 1.41 bits per heavy atom. The first kappa shape index (κ1) is 12.5. The second-order valence-corrected chi connectivity index (χ2v) is 4.69. The lowest BCUT2D eigenvalue weighted by Crippen LogP contribution is -2.34. The summed E-state index contributed by atoms with van der Waals surface area (Å²) in [6, 6.07) is 6.88. The highest BCUT2D eigenvalue weighted by atomic mass is 19.1. The molecular weight excluding hydrogens is 217 g/mol. The average molecular weight is 237 g/mol. The molecule has 0 bridgehead atoms. The maximum absolute atomic E-state index is 12.9. The minimum Gasteiger partial charge on any atom is -0.376 e. The van der Waals surface area contributed by atoms with E-state index >= 15 is 0 Å². The number of likely N-dealkylation sites (N-methyl/N-ethyl adjacent to an activating group) is 1. The Morgan fingerprint density at radius 2 is 2.12 bits per heavy atom. The van der Waals surface area contributed by atoms with Crippen molar-refractivity contribution in [1.29, 1.82) is 0 Å². The van der Waals surface area contributed by atoms with Gasteiger partial charge in [0.15, 0.2) is 0 Å². The summed E-state index contributed by atoms with van der Waals surface area (Å²) in [7, 11) is 0. The molecule has 17 heavy (non-hydrogen) atoms. The summed E-state index contributed by atoms with van der Waals surface area (Å²) in [6.07, 6.45) is 1.30. The maximum atomic E-state index is 12.9. The molecule has 1 aliphatic heterocycles. The molecule has 0 aromatic heterocycles. The molecule has 3 unspecified atom stereocenters. The van der Waals surface area contributed by atoms with Crippen molar-refractivity contribution in [2.45, 2.75) is 32.4 Å². The maximum Gasteiger partial charge on any atom is 0.123 e. The van der Waals surface area contributed by atoms with Crippen LogP contribution in [0.4, 0.5) is 4.39 Å². The molecular formula is C14H20FNO. The van der Waals surface area contributed by atoms with Gasteiger partial charge in [0.25, 0.3) is 0 Å². The fourth-order valence-corrected chi connectivity index (χ4v) is 2.46. The summed E-state index contributed by atoms with van der Waals surface area (Å²) < 4.78 is 18.7. The molecule has 1 aromatic rings. The lowest BCUT2D eigenvalue weighted by Gasteiger charge is -2.27. The van der Waals surface area contributed by atoms with E-state index in [2.05, 4.69) is 19.2 Å². The Bertz CT molecular complexity index is 352. The van der Waals surface area contributed by atoms with Crippen LogP contribution in [0.5, 0.6) is 0 Å². The van der Waals surface area contributed by atoms with Gasteiger partial charge >= 0.3 is 0 Å². The minimum absolute atomic E-state index is 0.165. The molecule has 0 saturated carbocycles. The van der Waals surface area contributed by atoms with E-state index in [9.17, 15) is 4.39 Å². The van der Waals surface area contributed by atoms with Gasteiger partial charge in [-0.25, -0.2) is 4.39 Å². The van der Waals surface area contributed by atoms with Crippen LogP contribution < -0.4 is 5.32 Å². The first-order valence-electron chi connectivity index (χ1n) is 6.33. The first-order valence-corrected chi connectivity index (χ1v) is 6.33. The zero-order valence-corrected chi connectivity index (χ0v) is 10.4. The smallest absolute Gasteiger partial charge is 0.123 e. The number of halogens is 1. The molecule has 0 aliphatic carbocycles. The Balaban J connectivity index is 2.18. The third-order valence-corrected chi connectivity index (χ3v) is 3.43. The number of ether oxygens (including phenoxy) is 1. The van der Waals surface area contributed by atoms with Crippen LogP contribution in [-0.2, 0) is 4.74 Å². The molecule has 0 spiro atoms. The lowest BCUT2D eigenvalue weighted by atomic mass is 9.92. The van der Waals surface area contributed by atoms with Crippen molar-refractivity contribution in [3.8, 4) is 0 Å². The van der Waals surface area contributed by atoms with E-state index < -0.39 is 0 Å². The molecule has 2 nitrogen and oxygen atoms in total. The van der Waals surface area contributed by atoms with Gasteiger partial charge in [-0.15, -0.1) is 0 Å². The predicted molar refractivity (Wildman–Crippen MR) is 66.3 cm³/mol. The van der Waals surface area contributed by atoms with Crippen molar-refractivity contribution in [3.05, 3.63) is 35.6 Å². The molecule has 3 atom stereocenters. The van der Waals surface area contributed by atoms with Crippen LogP contribution in [0, 0.1) is 11.7 Å². The number of hydrogen-bond donors (Lipinski definition) is 1. The van der Waals surface area contributed by atoms with Gasteiger partial charge in [-0.05, 0) is 36.6 Å². The highest BCUT2D eigenvalue weighted by Crippen LogP contribution is 2.31. The minimum atomic E-state index is -0.190. The summed E-state index contributed by atoms with van der Waals surface area (Å²) in [5, 5.41) is 3.44. The largest absolute Gasteiger partial charge is 0.376 e. The average Bonchev–Trinajstić information content (AvgIpc) is 2.74. The van der Waals surface area contributed by atoms with E-state index in [1.54, 1.807) is 0 Å². The molecule has 1 saturated heterocycles. The van der Waals surface area contributed by atoms with Crippen LogP contribution in [0.25, 0.3) is 0 Å². The molecule has 2 rings (SSSR count). The van der Waals surface area contributed by atoms with Crippen LogP contribution in [0.3, 0.4) is 0 Å². The summed E-state index contributed by atoms with van der Waals surface area (Å²) >= 11 is 0. The number of hydrogen-bond acceptors (Lipinski definition) is 2. The van der Waals surface area contributed by atoms with E-state index in [-0.39, 0.29) is 18.0 Å². The Kier molecular flexibility index (Phi) is 4.13. The van der Waals surface area contributed by atoms with Crippen LogP contribution >= 0.6 is 0 Å². The van der Waals surface area contributed by atoms with Gasteiger partial charge in [0.1, 0.15) is 5.82 Å². The Hall–Kier alpha value is -0.930. The second kappa shape index (κ2) is 5.61. The summed E-state index contributed by atoms with van der Waals surface area (Å²) in [4.78, 5) is 0. The molecule has 0 radical (unpaired) electrons. The van der Waals surface area contributed by atoms with Crippen LogP contribution in [0.2, 0.25) is 0 Å². The van der Waals surface area contributed by atoms with Crippen molar-refractivity contribution in [2.24, 2.45) is 5.92 Å². The van der Waals surface area contributed by atoms with Gasteiger partial charge in [-0.1, -0.05) is 26.0 Å². The van der Waals surface area contributed by atoms with Crippen molar-refractivity contribution in [1.82, 2.24) is 5.32 Å². The number of nitrogens with one attached hydrogen (secondary N) is 1. The zero-order valence-electron chi connectivity index (χ0n) is 10.4. The molecule has 3 heteroatoms. The quantitative estimate of drug-likeness (QED) is 0.869. The summed E-state index contributed by atoms with van der Waals surface area (Å²) in [5.74, 6) is 0.355.